The molecule has 0 atom stereocenters. The highest BCUT2D eigenvalue weighted by atomic mass is 35.5. The fraction of sp³-hybridized carbons (Fsp3) is 0.267. The van der Waals surface area contributed by atoms with E-state index in [1.54, 1.807) is 13.0 Å². The minimum atomic E-state index is -3.55. The van der Waals surface area contributed by atoms with Gasteiger partial charge < -0.3 is 9.15 Å². The molecule has 1 aromatic heterocycles. The van der Waals surface area contributed by atoms with Crippen molar-refractivity contribution in [1.29, 1.82) is 0 Å². The highest BCUT2D eigenvalue weighted by Gasteiger charge is 2.38. The smallest absolute Gasteiger partial charge is 0.339 e. The molecular formula is C15H14ClNO5S. The molecule has 0 radical (unpaired) electrons. The molecule has 0 bridgehead atoms. The number of benzene rings is 1. The van der Waals surface area contributed by atoms with Crippen LogP contribution in [0.5, 0.6) is 5.75 Å². The van der Waals surface area contributed by atoms with Gasteiger partial charge in [-0.3, -0.25) is 0 Å². The molecule has 1 aliphatic heterocycles. The summed E-state index contributed by atoms with van der Waals surface area (Å²) < 4.78 is 36.6. The van der Waals surface area contributed by atoms with Gasteiger partial charge in [0.25, 0.3) is 0 Å². The zero-order chi connectivity index (χ0) is 16.6. The molecule has 1 aliphatic rings. The number of hydrogen-bond acceptors (Lipinski definition) is 5. The quantitative estimate of drug-likeness (QED) is 0.839. The molecule has 122 valence electrons. The molecular weight excluding hydrogens is 342 g/mol. The molecule has 0 unspecified atom stereocenters. The van der Waals surface area contributed by atoms with Crippen molar-refractivity contribution in [2.45, 2.75) is 17.9 Å². The number of nitrogens with zero attached hydrogens (tertiary/aromatic N) is 1. The van der Waals surface area contributed by atoms with Crippen molar-refractivity contribution in [3.05, 3.63) is 57.6 Å². The van der Waals surface area contributed by atoms with Gasteiger partial charge >= 0.3 is 5.63 Å². The summed E-state index contributed by atoms with van der Waals surface area (Å²) in [5, 5.41) is 0.479. The molecule has 1 fully saturated rings. The second kappa shape index (κ2) is 5.99. The van der Waals surface area contributed by atoms with Crippen LogP contribution in [-0.2, 0) is 10.0 Å². The number of halogens is 1. The van der Waals surface area contributed by atoms with E-state index in [4.69, 9.17) is 20.8 Å². The Morgan fingerprint density at radius 2 is 1.87 bits per heavy atom. The standard InChI is InChI=1S/C15H14ClNO5S/c1-10-6-12(7-15(18)21-10)22-13-8-17(9-13)23(19,20)14-4-2-11(16)3-5-14/h2-7,13H,8-9H2,1H3. The second-order valence-electron chi connectivity index (χ2n) is 5.24. The third-order valence-corrected chi connectivity index (χ3v) is 5.53. The lowest BCUT2D eigenvalue weighted by atomic mass is 10.2. The molecule has 2 aromatic rings. The Bertz CT molecular complexity index is 869. The van der Waals surface area contributed by atoms with Crippen LogP contribution in [0.3, 0.4) is 0 Å². The Morgan fingerprint density at radius 1 is 1.22 bits per heavy atom. The zero-order valence-electron chi connectivity index (χ0n) is 12.2. The van der Waals surface area contributed by atoms with Gasteiger partial charge in [0.05, 0.1) is 24.1 Å². The molecule has 3 rings (SSSR count). The molecule has 23 heavy (non-hydrogen) atoms. The largest absolute Gasteiger partial charge is 0.487 e. The molecule has 0 spiro atoms. The molecule has 6 nitrogen and oxygen atoms in total. The SMILES string of the molecule is Cc1cc(OC2CN(S(=O)(=O)c3ccc(Cl)cc3)C2)cc(=O)o1. The summed E-state index contributed by atoms with van der Waals surface area (Å²) in [6, 6.07) is 8.85. The summed E-state index contributed by atoms with van der Waals surface area (Å²) in [6.07, 6.45) is -0.293. The first-order valence-electron chi connectivity index (χ1n) is 6.89. The summed E-state index contributed by atoms with van der Waals surface area (Å²) in [6.45, 7) is 2.10. The van der Waals surface area contributed by atoms with E-state index in [-0.39, 0.29) is 24.1 Å². The highest BCUT2D eigenvalue weighted by molar-refractivity contribution is 7.89. The van der Waals surface area contributed by atoms with Crippen molar-refractivity contribution < 1.29 is 17.6 Å². The maximum atomic E-state index is 12.4. The first-order valence-corrected chi connectivity index (χ1v) is 8.70. The highest BCUT2D eigenvalue weighted by Crippen LogP contribution is 2.25. The summed E-state index contributed by atoms with van der Waals surface area (Å²) in [5.41, 5.74) is -0.495. The van der Waals surface area contributed by atoms with Crippen molar-refractivity contribution in [2.24, 2.45) is 0 Å². The number of aryl methyl sites for hydroxylation is 1. The van der Waals surface area contributed by atoms with Crippen LogP contribution < -0.4 is 10.4 Å². The summed E-state index contributed by atoms with van der Waals surface area (Å²) >= 11 is 5.77. The van der Waals surface area contributed by atoms with Gasteiger partial charge in [-0.15, -0.1) is 0 Å². The van der Waals surface area contributed by atoms with Crippen molar-refractivity contribution in [3.8, 4) is 5.75 Å². The van der Waals surface area contributed by atoms with Crippen LogP contribution in [-0.4, -0.2) is 31.9 Å². The van der Waals surface area contributed by atoms with Crippen LogP contribution >= 0.6 is 11.6 Å². The van der Waals surface area contributed by atoms with Gasteiger partial charge in [0, 0.05) is 11.1 Å². The van der Waals surface area contributed by atoms with E-state index in [0.29, 0.717) is 16.5 Å². The van der Waals surface area contributed by atoms with E-state index in [2.05, 4.69) is 0 Å². The lowest BCUT2D eigenvalue weighted by Gasteiger charge is -2.37. The average molecular weight is 356 g/mol. The molecule has 0 N–H and O–H groups in total. The van der Waals surface area contributed by atoms with Crippen LogP contribution in [0, 0.1) is 6.92 Å². The maximum absolute atomic E-state index is 12.4. The van der Waals surface area contributed by atoms with Crippen LogP contribution in [0.25, 0.3) is 0 Å². The van der Waals surface area contributed by atoms with Gasteiger partial charge in [-0.05, 0) is 31.2 Å². The minimum Gasteiger partial charge on any atom is -0.487 e. The molecule has 0 amide bonds. The third kappa shape index (κ3) is 3.41. The lowest BCUT2D eigenvalue weighted by Crippen LogP contribution is -2.55. The number of sulfonamides is 1. The van der Waals surface area contributed by atoms with Crippen LogP contribution in [0.1, 0.15) is 5.76 Å². The van der Waals surface area contributed by atoms with Crippen LogP contribution in [0.15, 0.2) is 50.5 Å². The minimum absolute atomic E-state index is 0.191. The van der Waals surface area contributed by atoms with Crippen molar-refractivity contribution in [1.82, 2.24) is 4.31 Å². The topological polar surface area (TPSA) is 76.8 Å². The van der Waals surface area contributed by atoms with E-state index in [9.17, 15) is 13.2 Å². The Morgan fingerprint density at radius 3 is 2.48 bits per heavy atom. The molecule has 1 saturated heterocycles. The maximum Gasteiger partial charge on any atom is 0.339 e. The van der Waals surface area contributed by atoms with Crippen molar-refractivity contribution >= 4 is 21.6 Å². The predicted octanol–water partition coefficient (Wildman–Crippen LogP) is 2.05. The fourth-order valence-electron chi connectivity index (χ4n) is 2.26. The van der Waals surface area contributed by atoms with E-state index in [1.807, 2.05) is 0 Å². The van der Waals surface area contributed by atoms with E-state index in [1.165, 1.54) is 34.6 Å². The summed E-state index contributed by atoms with van der Waals surface area (Å²) in [5.74, 6) is 0.824. The number of ether oxygens (including phenoxy) is 1. The van der Waals surface area contributed by atoms with E-state index >= 15 is 0 Å². The van der Waals surface area contributed by atoms with Gasteiger partial charge in [-0.1, -0.05) is 11.6 Å². The lowest BCUT2D eigenvalue weighted by molar-refractivity contribution is 0.0754. The third-order valence-electron chi connectivity index (χ3n) is 3.44. The second-order valence-corrected chi connectivity index (χ2v) is 7.61. The number of hydrogen-bond donors (Lipinski definition) is 0. The molecule has 2 heterocycles. The summed E-state index contributed by atoms with van der Waals surface area (Å²) in [4.78, 5) is 11.5. The van der Waals surface area contributed by atoms with Gasteiger partial charge in [0.15, 0.2) is 0 Å². The Kier molecular flexibility index (Phi) is 4.18. The Hall–Kier alpha value is -1.83. The molecule has 1 aromatic carbocycles. The summed E-state index contributed by atoms with van der Waals surface area (Å²) in [7, 11) is -3.55. The van der Waals surface area contributed by atoms with Crippen molar-refractivity contribution in [2.75, 3.05) is 13.1 Å². The predicted molar refractivity (Wildman–Crippen MR) is 84.3 cm³/mol. The van der Waals surface area contributed by atoms with Gasteiger partial charge in [-0.2, -0.15) is 4.31 Å². The van der Waals surface area contributed by atoms with E-state index < -0.39 is 15.6 Å². The van der Waals surface area contributed by atoms with Crippen LogP contribution in [0.2, 0.25) is 5.02 Å². The molecule has 0 saturated carbocycles. The molecule has 8 heteroatoms. The fourth-order valence-corrected chi connectivity index (χ4v) is 3.89. The molecule has 0 aliphatic carbocycles. The zero-order valence-corrected chi connectivity index (χ0v) is 13.8. The van der Waals surface area contributed by atoms with Gasteiger partial charge in [-0.25, -0.2) is 13.2 Å². The number of rotatable bonds is 4. The van der Waals surface area contributed by atoms with Gasteiger partial charge in [0.2, 0.25) is 10.0 Å². The van der Waals surface area contributed by atoms with Crippen molar-refractivity contribution in [3.63, 3.8) is 0 Å². The normalized spacial score (nSPS) is 16.1. The Balaban J connectivity index is 1.66. The van der Waals surface area contributed by atoms with Gasteiger partial charge in [0.1, 0.15) is 17.6 Å². The van der Waals surface area contributed by atoms with Crippen LogP contribution in [0.4, 0.5) is 0 Å². The average Bonchev–Trinajstić information content (AvgIpc) is 2.41. The monoisotopic (exact) mass is 355 g/mol. The Labute approximate surface area is 138 Å². The van der Waals surface area contributed by atoms with E-state index in [0.717, 1.165) is 0 Å². The first kappa shape index (κ1) is 16.0. The first-order chi connectivity index (χ1) is 10.8.